The average Bonchev–Trinajstić information content (AvgIpc) is 2.84. The Labute approximate surface area is 210 Å². The molecule has 0 aliphatic carbocycles. The average molecular weight is 502 g/mol. The Kier molecular flexibility index (Phi) is 8.82. The van der Waals surface area contributed by atoms with Crippen molar-refractivity contribution in [3.05, 3.63) is 29.8 Å². The molecule has 1 aromatic carbocycles. The fourth-order valence-electron chi connectivity index (χ4n) is 6.00. The van der Waals surface area contributed by atoms with E-state index < -0.39 is 9.84 Å². The molecule has 9 heteroatoms. The minimum Gasteiger partial charge on any atom is -0.340 e. The standard InChI is InChI=1S/C26H39N5O3S/c1-22(32)31-13-11-28(12-14-31)8-2-9-29-18-24-16-25(19-29)21-30(20-24)10-3-15-35(33,34)26-6-4-23(17-27)5-7-26/h4-7,24-25H,2-3,8-16,18-21H2,1H3. The molecular weight excluding hydrogens is 462 g/mol. The second kappa shape index (κ2) is 11.8. The third kappa shape index (κ3) is 7.26. The highest BCUT2D eigenvalue weighted by molar-refractivity contribution is 7.91. The largest absolute Gasteiger partial charge is 0.340 e. The van der Waals surface area contributed by atoms with Gasteiger partial charge in [-0.05, 0) is 75.0 Å². The summed E-state index contributed by atoms with van der Waals surface area (Å²) < 4.78 is 25.3. The normalized spacial score (nSPS) is 24.3. The van der Waals surface area contributed by atoms with Gasteiger partial charge in [0.25, 0.3) is 0 Å². The monoisotopic (exact) mass is 501 g/mol. The lowest BCUT2D eigenvalue weighted by Gasteiger charge is -2.46. The number of benzene rings is 1. The van der Waals surface area contributed by atoms with Gasteiger partial charge in [-0.1, -0.05) is 0 Å². The minimum absolute atomic E-state index is 0.150. The number of piperidine rings is 2. The van der Waals surface area contributed by atoms with Crippen molar-refractivity contribution in [3.8, 4) is 6.07 Å². The molecule has 0 spiro atoms. The van der Waals surface area contributed by atoms with Gasteiger partial charge in [-0.3, -0.25) is 9.69 Å². The maximum absolute atomic E-state index is 12.6. The van der Waals surface area contributed by atoms with E-state index in [2.05, 4.69) is 14.7 Å². The quantitative estimate of drug-likeness (QED) is 0.507. The van der Waals surface area contributed by atoms with Crippen LogP contribution in [0.4, 0.5) is 0 Å². The van der Waals surface area contributed by atoms with E-state index in [0.717, 1.165) is 72.0 Å². The number of carbonyl (C=O) groups excluding carboxylic acids is 1. The molecule has 0 radical (unpaired) electrons. The molecule has 3 heterocycles. The molecule has 192 valence electrons. The van der Waals surface area contributed by atoms with Crippen LogP contribution in [-0.4, -0.2) is 112 Å². The van der Waals surface area contributed by atoms with E-state index in [1.807, 2.05) is 11.0 Å². The van der Waals surface area contributed by atoms with Gasteiger partial charge in [0.15, 0.2) is 9.84 Å². The van der Waals surface area contributed by atoms with E-state index >= 15 is 0 Å². The van der Waals surface area contributed by atoms with Crippen molar-refractivity contribution < 1.29 is 13.2 Å². The van der Waals surface area contributed by atoms with Crippen molar-refractivity contribution in [2.45, 2.75) is 31.1 Å². The first-order valence-corrected chi connectivity index (χ1v) is 14.6. The minimum atomic E-state index is -3.31. The van der Waals surface area contributed by atoms with Gasteiger partial charge >= 0.3 is 0 Å². The number of hydrogen-bond acceptors (Lipinski definition) is 7. The van der Waals surface area contributed by atoms with Crippen LogP contribution in [0.2, 0.25) is 0 Å². The molecule has 4 rings (SSSR count). The van der Waals surface area contributed by atoms with Gasteiger partial charge in [-0.2, -0.15) is 5.26 Å². The Bertz CT molecular complexity index is 985. The summed E-state index contributed by atoms with van der Waals surface area (Å²) in [4.78, 5) is 21.3. The number of carbonyl (C=O) groups is 1. The SMILES string of the molecule is CC(=O)N1CCN(CCCN2CC3CC(C2)CN(CCCS(=O)(=O)c2ccc(C#N)cc2)C3)CC1. The molecule has 3 fully saturated rings. The predicted octanol–water partition coefficient (Wildman–Crippen LogP) is 1.53. The third-order valence-electron chi connectivity index (χ3n) is 7.73. The molecule has 8 nitrogen and oxygen atoms in total. The lowest BCUT2D eigenvalue weighted by molar-refractivity contribution is -0.130. The van der Waals surface area contributed by atoms with Gasteiger partial charge in [-0.25, -0.2) is 8.42 Å². The van der Waals surface area contributed by atoms with Gasteiger partial charge in [0.1, 0.15) is 0 Å². The van der Waals surface area contributed by atoms with Gasteiger partial charge in [-0.15, -0.1) is 0 Å². The first kappa shape index (κ1) is 26.1. The fraction of sp³-hybridized carbons (Fsp3) is 0.692. The fourth-order valence-corrected chi connectivity index (χ4v) is 7.29. The van der Waals surface area contributed by atoms with E-state index in [9.17, 15) is 13.2 Å². The third-order valence-corrected chi connectivity index (χ3v) is 9.55. The highest BCUT2D eigenvalue weighted by atomic mass is 32.2. The first-order valence-electron chi connectivity index (χ1n) is 13.0. The van der Waals surface area contributed by atoms with Gasteiger partial charge < -0.3 is 14.7 Å². The van der Waals surface area contributed by atoms with E-state index in [1.54, 1.807) is 31.2 Å². The van der Waals surface area contributed by atoms with E-state index in [1.165, 1.54) is 12.8 Å². The van der Waals surface area contributed by atoms with E-state index in [4.69, 9.17) is 5.26 Å². The van der Waals surface area contributed by atoms with Crippen LogP contribution in [0.3, 0.4) is 0 Å². The Hall–Kier alpha value is -1.99. The van der Waals surface area contributed by atoms with E-state index in [0.29, 0.717) is 28.7 Å². The summed E-state index contributed by atoms with van der Waals surface area (Å²) >= 11 is 0. The van der Waals surface area contributed by atoms with Crippen molar-refractivity contribution in [3.63, 3.8) is 0 Å². The van der Waals surface area contributed by atoms with Gasteiger partial charge in [0, 0.05) is 59.3 Å². The van der Waals surface area contributed by atoms with E-state index in [-0.39, 0.29) is 11.7 Å². The van der Waals surface area contributed by atoms with Crippen LogP contribution in [0.1, 0.15) is 31.7 Å². The zero-order chi connectivity index (χ0) is 24.8. The summed E-state index contributed by atoms with van der Waals surface area (Å²) in [6.45, 7) is 12.8. The predicted molar refractivity (Wildman–Crippen MR) is 136 cm³/mol. The summed E-state index contributed by atoms with van der Waals surface area (Å²) in [5.74, 6) is 1.69. The summed E-state index contributed by atoms with van der Waals surface area (Å²) in [6, 6.07) is 8.25. The molecule has 2 atom stereocenters. The Morgan fingerprint density at radius 2 is 1.43 bits per heavy atom. The molecule has 3 saturated heterocycles. The summed E-state index contributed by atoms with van der Waals surface area (Å²) in [7, 11) is -3.31. The van der Waals surface area contributed by atoms with Crippen LogP contribution >= 0.6 is 0 Å². The molecule has 1 amide bonds. The molecule has 0 N–H and O–H groups in total. The zero-order valence-corrected chi connectivity index (χ0v) is 21.8. The highest BCUT2D eigenvalue weighted by Crippen LogP contribution is 2.29. The number of nitrogens with zero attached hydrogens (tertiary/aromatic N) is 5. The van der Waals surface area contributed by atoms with Crippen molar-refractivity contribution in [1.82, 2.24) is 19.6 Å². The topological polar surface area (TPSA) is 88.0 Å². The van der Waals surface area contributed by atoms with Crippen molar-refractivity contribution >= 4 is 15.7 Å². The second-order valence-electron chi connectivity index (χ2n) is 10.5. The lowest BCUT2D eigenvalue weighted by atomic mass is 9.84. The van der Waals surface area contributed by atoms with Gasteiger partial charge in [0.2, 0.25) is 5.91 Å². The number of fused-ring (bicyclic) bond motifs is 2. The number of nitriles is 1. The Morgan fingerprint density at radius 1 is 0.886 bits per heavy atom. The summed E-state index contributed by atoms with van der Waals surface area (Å²) in [5.41, 5.74) is 0.477. The molecule has 0 saturated carbocycles. The van der Waals surface area contributed by atoms with Gasteiger partial charge in [0.05, 0.1) is 22.3 Å². The maximum atomic E-state index is 12.6. The number of sulfone groups is 1. The molecule has 2 unspecified atom stereocenters. The smallest absolute Gasteiger partial charge is 0.219 e. The molecule has 0 aromatic heterocycles. The molecule has 2 bridgehead atoms. The molecule has 35 heavy (non-hydrogen) atoms. The summed E-state index contributed by atoms with van der Waals surface area (Å²) in [6.07, 6.45) is 3.11. The second-order valence-corrected chi connectivity index (χ2v) is 12.6. The highest BCUT2D eigenvalue weighted by Gasteiger charge is 2.34. The molecular formula is C26H39N5O3S. The number of hydrogen-bond donors (Lipinski definition) is 0. The number of likely N-dealkylation sites (tertiary alicyclic amines) is 2. The number of amides is 1. The molecule has 3 aliphatic heterocycles. The number of piperazine rings is 1. The first-order chi connectivity index (χ1) is 16.8. The van der Waals surface area contributed by atoms with Crippen LogP contribution in [0.25, 0.3) is 0 Å². The van der Waals surface area contributed by atoms with Crippen molar-refractivity contribution in [1.29, 1.82) is 5.26 Å². The van der Waals surface area contributed by atoms with Crippen LogP contribution in [0.5, 0.6) is 0 Å². The lowest BCUT2D eigenvalue weighted by Crippen LogP contribution is -2.53. The summed E-state index contributed by atoms with van der Waals surface area (Å²) in [5, 5.41) is 8.90. The number of rotatable bonds is 9. The van der Waals surface area contributed by atoms with Crippen LogP contribution in [0, 0.1) is 23.2 Å². The van der Waals surface area contributed by atoms with Crippen LogP contribution < -0.4 is 0 Å². The van der Waals surface area contributed by atoms with Crippen molar-refractivity contribution in [2.24, 2.45) is 11.8 Å². The van der Waals surface area contributed by atoms with Crippen molar-refractivity contribution in [2.75, 3.05) is 77.7 Å². The zero-order valence-electron chi connectivity index (χ0n) is 20.9. The Balaban J connectivity index is 1.14. The van der Waals surface area contributed by atoms with Crippen LogP contribution in [-0.2, 0) is 14.6 Å². The Morgan fingerprint density at radius 3 is 1.97 bits per heavy atom. The molecule has 3 aliphatic rings. The maximum Gasteiger partial charge on any atom is 0.219 e. The molecule has 1 aromatic rings. The van der Waals surface area contributed by atoms with Crippen LogP contribution in [0.15, 0.2) is 29.2 Å².